The van der Waals surface area contributed by atoms with Crippen molar-refractivity contribution >= 4 is 28.8 Å². The van der Waals surface area contributed by atoms with Gasteiger partial charge in [-0.25, -0.2) is 4.68 Å². The number of fused-ring (bicyclic) bond motifs is 3. The first-order valence-electron chi connectivity index (χ1n) is 14.0. The summed E-state index contributed by atoms with van der Waals surface area (Å²) < 4.78 is 13.9. The van der Waals surface area contributed by atoms with E-state index >= 15 is 0 Å². The van der Waals surface area contributed by atoms with Gasteiger partial charge in [0.15, 0.2) is 0 Å². The third-order valence-corrected chi connectivity index (χ3v) is 8.45. The van der Waals surface area contributed by atoms with E-state index in [0.717, 1.165) is 11.9 Å². The molecule has 2 fully saturated rings. The molecule has 0 saturated carbocycles. The Morgan fingerprint density at radius 2 is 1.98 bits per heavy atom. The number of carbonyl (C=O) groups is 3. The fourth-order valence-electron chi connectivity index (χ4n) is 6.76. The van der Waals surface area contributed by atoms with Crippen molar-refractivity contribution in [2.75, 3.05) is 19.8 Å². The lowest BCUT2D eigenvalue weighted by atomic mass is 9.78. The van der Waals surface area contributed by atoms with Crippen molar-refractivity contribution in [2.24, 2.45) is 17.8 Å². The van der Waals surface area contributed by atoms with Crippen LogP contribution in [0.1, 0.15) is 33.1 Å². The Hall–Kier alpha value is -3.57. The van der Waals surface area contributed by atoms with Gasteiger partial charge in [-0.3, -0.25) is 14.4 Å². The molecule has 4 aliphatic rings. The van der Waals surface area contributed by atoms with Gasteiger partial charge in [0.05, 0.1) is 36.8 Å². The molecule has 2 amide bonds. The fraction of sp³-hybridized carbons (Fsp3) is 0.552. The van der Waals surface area contributed by atoms with Crippen molar-refractivity contribution in [2.45, 2.75) is 63.6 Å². The number of para-hydroxylation sites is 1. The number of allylic oxidation sites excluding steroid dienone is 1. The highest BCUT2D eigenvalue weighted by Crippen LogP contribution is 2.54. The summed E-state index contributed by atoms with van der Waals surface area (Å²) in [7, 11) is 0. The van der Waals surface area contributed by atoms with Crippen LogP contribution in [-0.2, 0) is 30.5 Å². The molecule has 11 nitrogen and oxygen atoms in total. The number of carbonyl (C=O) groups excluding carboxylic acids is 3. The summed E-state index contributed by atoms with van der Waals surface area (Å²) in [6.45, 7) is 4.33. The molecule has 11 heteroatoms. The van der Waals surface area contributed by atoms with E-state index in [-0.39, 0.29) is 44.2 Å². The number of ether oxygens (including phenoxy) is 2. The maximum Gasteiger partial charge on any atom is 0.312 e. The average Bonchev–Trinajstić information content (AvgIpc) is 3.54. The van der Waals surface area contributed by atoms with Gasteiger partial charge in [-0.15, -0.1) is 5.10 Å². The first-order chi connectivity index (χ1) is 19.4. The van der Waals surface area contributed by atoms with E-state index in [9.17, 15) is 19.5 Å². The zero-order valence-corrected chi connectivity index (χ0v) is 22.8. The molecule has 1 aromatic carbocycles. The summed E-state index contributed by atoms with van der Waals surface area (Å²) in [5, 5.41) is 18.9. The second-order valence-corrected chi connectivity index (χ2v) is 11.5. The summed E-state index contributed by atoms with van der Waals surface area (Å²) in [5.74, 6) is -2.88. The van der Waals surface area contributed by atoms with Crippen LogP contribution >= 0.6 is 0 Å². The first kappa shape index (κ1) is 26.6. The second kappa shape index (κ2) is 10.4. The van der Waals surface area contributed by atoms with Crippen molar-refractivity contribution in [1.29, 1.82) is 0 Å². The Kier molecular flexibility index (Phi) is 6.95. The molecule has 5 heterocycles. The van der Waals surface area contributed by atoms with Crippen molar-refractivity contribution in [3.8, 4) is 0 Å². The summed E-state index contributed by atoms with van der Waals surface area (Å²) in [4.78, 5) is 45.3. The number of cyclic esters (lactones) is 1. The fourth-order valence-corrected chi connectivity index (χ4v) is 6.76. The Morgan fingerprint density at radius 3 is 2.77 bits per heavy atom. The van der Waals surface area contributed by atoms with Gasteiger partial charge in [-0.2, -0.15) is 0 Å². The Morgan fingerprint density at radius 1 is 1.15 bits per heavy atom. The molecule has 1 N–H and O–H groups in total. The molecule has 4 aliphatic heterocycles. The highest BCUT2D eigenvalue weighted by atomic mass is 16.6. The molecule has 2 saturated heterocycles. The normalized spacial score (nSPS) is 31.8. The Labute approximate surface area is 232 Å². The third-order valence-electron chi connectivity index (χ3n) is 8.45. The molecule has 1 aromatic heterocycles. The maximum absolute atomic E-state index is 14.5. The molecule has 40 heavy (non-hydrogen) atoms. The van der Waals surface area contributed by atoms with E-state index in [4.69, 9.17) is 9.47 Å². The molecular weight excluding hydrogens is 514 g/mol. The minimum Gasteiger partial charge on any atom is -0.465 e. The van der Waals surface area contributed by atoms with E-state index in [2.05, 4.69) is 10.3 Å². The number of nitrogens with zero attached hydrogens (tertiary/aromatic N) is 5. The molecule has 212 valence electrons. The van der Waals surface area contributed by atoms with Crippen LogP contribution in [0.4, 0.5) is 0 Å². The van der Waals surface area contributed by atoms with Gasteiger partial charge >= 0.3 is 5.97 Å². The zero-order chi connectivity index (χ0) is 28.0. The largest absolute Gasteiger partial charge is 0.465 e. The number of benzene rings is 1. The summed E-state index contributed by atoms with van der Waals surface area (Å²) >= 11 is 0. The van der Waals surface area contributed by atoms with Crippen molar-refractivity contribution in [3.63, 3.8) is 0 Å². The SMILES string of the molecule is CC(C)C[C@H](CO)N1C(=O)[C@@H]2[C@H]3C(=O)OCCC/C=C\[C@H]3O[C@@]23C=CCN(Cn2nnc4ccccc42)C(=O)C13. The Balaban J connectivity index is 1.43. The van der Waals surface area contributed by atoms with E-state index in [0.29, 0.717) is 18.4 Å². The lowest BCUT2D eigenvalue weighted by Gasteiger charge is -2.39. The number of rotatable bonds is 6. The van der Waals surface area contributed by atoms with Crippen LogP contribution < -0.4 is 0 Å². The summed E-state index contributed by atoms with van der Waals surface area (Å²) in [5.41, 5.74) is 0.113. The van der Waals surface area contributed by atoms with Gasteiger partial charge in [0, 0.05) is 6.54 Å². The number of likely N-dealkylation sites (tertiary alicyclic amines) is 1. The average molecular weight is 550 g/mol. The molecule has 0 radical (unpaired) electrons. The number of amides is 2. The van der Waals surface area contributed by atoms with Gasteiger partial charge in [0.1, 0.15) is 29.7 Å². The van der Waals surface area contributed by atoms with Crippen molar-refractivity contribution in [3.05, 3.63) is 48.6 Å². The third kappa shape index (κ3) is 4.23. The molecule has 1 spiro atoms. The molecule has 2 aromatic rings. The number of aromatic nitrogens is 3. The van der Waals surface area contributed by atoms with E-state index in [1.165, 1.54) is 4.90 Å². The van der Waals surface area contributed by atoms with Gasteiger partial charge in [0.2, 0.25) is 5.91 Å². The lowest BCUT2D eigenvalue weighted by Crippen LogP contribution is -2.58. The molecule has 0 aliphatic carbocycles. The number of aliphatic hydroxyl groups is 1. The molecular formula is C29H35N5O6. The molecule has 6 rings (SSSR count). The molecule has 1 unspecified atom stereocenters. The minimum absolute atomic E-state index is 0.117. The van der Waals surface area contributed by atoms with Crippen molar-refractivity contribution in [1.82, 2.24) is 24.8 Å². The van der Waals surface area contributed by atoms with Gasteiger partial charge in [-0.1, -0.05) is 55.5 Å². The van der Waals surface area contributed by atoms with Crippen LogP contribution in [0.5, 0.6) is 0 Å². The number of aliphatic hydroxyl groups excluding tert-OH is 1. The number of hydrogen-bond donors (Lipinski definition) is 1. The Bertz CT molecular complexity index is 1370. The van der Waals surface area contributed by atoms with Crippen LogP contribution in [0.3, 0.4) is 0 Å². The molecule has 0 bridgehead atoms. The van der Waals surface area contributed by atoms with Crippen molar-refractivity contribution < 1.29 is 29.0 Å². The van der Waals surface area contributed by atoms with Crippen LogP contribution in [0.15, 0.2) is 48.6 Å². The van der Waals surface area contributed by atoms with Gasteiger partial charge in [0.25, 0.3) is 5.91 Å². The predicted molar refractivity (Wildman–Crippen MR) is 143 cm³/mol. The van der Waals surface area contributed by atoms with Gasteiger partial charge in [-0.05, 0) is 37.3 Å². The second-order valence-electron chi connectivity index (χ2n) is 11.5. The lowest BCUT2D eigenvalue weighted by molar-refractivity contribution is -0.156. The summed E-state index contributed by atoms with van der Waals surface area (Å²) in [6, 6.07) is 5.82. The van der Waals surface area contributed by atoms with Crippen LogP contribution in [0, 0.1) is 17.8 Å². The number of esters is 1. The first-order valence-corrected chi connectivity index (χ1v) is 14.0. The highest BCUT2D eigenvalue weighted by molar-refractivity contribution is 5.99. The van der Waals surface area contributed by atoms with Gasteiger partial charge < -0.3 is 24.4 Å². The molecule has 6 atom stereocenters. The predicted octanol–water partition coefficient (Wildman–Crippen LogP) is 1.67. The van der Waals surface area contributed by atoms with Crippen LogP contribution in [-0.4, -0.2) is 91.2 Å². The maximum atomic E-state index is 14.5. The van der Waals surface area contributed by atoms with E-state index in [1.807, 2.05) is 56.3 Å². The zero-order valence-electron chi connectivity index (χ0n) is 22.8. The highest BCUT2D eigenvalue weighted by Gasteiger charge is 2.72. The summed E-state index contributed by atoms with van der Waals surface area (Å²) in [6.07, 6.45) is 8.60. The van der Waals surface area contributed by atoms with E-state index in [1.54, 1.807) is 15.7 Å². The van der Waals surface area contributed by atoms with Crippen LogP contribution in [0.25, 0.3) is 11.0 Å². The topological polar surface area (TPSA) is 127 Å². The quantitative estimate of drug-likeness (QED) is 0.426. The standard InChI is InChI=1S/C29H35N5O6/c1-18(2)15-19(16-35)34-25-27(37)32(17-33-21-10-6-5-9-20(21)30-31-33)13-8-12-29(25)24(26(34)36)23-22(40-29)11-4-3-7-14-39-28(23)38/h4-6,8-12,18-19,22-25,35H,3,7,13-17H2,1-2H3/b11-4-/t19-,22-,23+,24+,25?,29+/m1/s1. The van der Waals surface area contributed by atoms with Crippen LogP contribution in [0.2, 0.25) is 0 Å². The smallest absolute Gasteiger partial charge is 0.312 e. The minimum atomic E-state index is -1.38. The monoisotopic (exact) mass is 549 g/mol. The van der Waals surface area contributed by atoms with E-state index < -0.39 is 41.6 Å². The number of hydrogen-bond acceptors (Lipinski definition) is 8.